The molecule has 0 radical (unpaired) electrons. The first kappa shape index (κ1) is 17.0. The summed E-state index contributed by atoms with van der Waals surface area (Å²) in [6, 6.07) is 1.10. The molecule has 1 aromatic carbocycles. The van der Waals surface area contributed by atoms with Gasteiger partial charge in [-0.2, -0.15) is 4.31 Å². The van der Waals surface area contributed by atoms with Crippen LogP contribution in [0.2, 0.25) is 5.02 Å². The monoisotopic (exact) mass is 399 g/mol. The van der Waals surface area contributed by atoms with Crippen LogP contribution in [0, 0.1) is 5.82 Å². The number of sulfonamides is 1. The molecule has 2 N–H and O–H groups in total. The lowest BCUT2D eigenvalue weighted by Gasteiger charge is -2.33. The zero-order valence-electron chi connectivity index (χ0n) is 11.4. The van der Waals surface area contributed by atoms with Gasteiger partial charge in [-0.1, -0.05) is 18.5 Å². The Bertz CT molecular complexity index is 648. The zero-order chi connectivity index (χ0) is 15.8. The summed E-state index contributed by atoms with van der Waals surface area (Å²) in [5.41, 5.74) is 5.26. The molecule has 1 aliphatic heterocycles. The van der Waals surface area contributed by atoms with Crippen molar-refractivity contribution in [1.82, 2.24) is 9.21 Å². The second kappa shape index (κ2) is 6.37. The Kier molecular flexibility index (Phi) is 5.15. The molecule has 0 saturated carbocycles. The molecule has 9 heteroatoms. The van der Waals surface area contributed by atoms with E-state index in [2.05, 4.69) is 20.8 Å². The minimum Gasteiger partial charge on any atom is -0.395 e. The highest BCUT2D eigenvalue weighted by atomic mass is 79.9. The third-order valence-electron chi connectivity index (χ3n) is 3.55. The minimum atomic E-state index is -3.94. The molecule has 1 fully saturated rings. The first-order valence-corrected chi connectivity index (χ1v) is 9.05. The van der Waals surface area contributed by atoms with E-state index < -0.39 is 20.7 Å². The van der Waals surface area contributed by atoms with Gasteiger partial charge in [0.1, 0.15) is 4.90 Å². The molecule has 21 heavy (non-hydrogen) atoms. The van der Waals surface area contributed by atoms with Gasteiger partial charge in [0.2, 0.25) is 10.0 Å². The summed E-state index contributed by atoms with van der Waals surface area (Å²) in [6.07, 6.45) is 0. The largest absolute Gasteiger partial charge is 0.395 e. The highest BCUT2D eigenvalue weighted by Gasteiger charge is 2.32. The van der Waals surface area contributed by atoms with Gasteiger partial charge in [0.15, 0.2) is 5.82 Å². The zero-order valence-corrected chi connectivity index (χ0v) is 14.6. The Hall–Kier alpha value is -0.410. The smallest absolute Gasteiger partial charge is 0.246 e. The van der Waals surface area contributed by atoms with Crippen molar-refractivity contribution in [3.05, 3.63) is 21.4 Å². The second-order valence-corrected chi connectivity index (χ2v) is 7.84. The molecule has 1 saturated heterocycles. The topological polar surface area (TPSA) is 66.6 Å². The number of nitrogens with zero attached hydrogens (tertiary/aromatic N) is 2. The number of benzene rings is 1. The first-order chi connectivity index (χ1) is 9.78. The number of piperazine rings is 1. The molecule has 0 amide bonds. The second-order valence-electron chi connectivity index (χ2n) is 4.74. The van der Waals surface area contributed by atoms with E-state index in [-0.39, 0.29) is 15.2 Å². The third kappa shape index (κ3) is 3.19. The molecular weight excluding hydrogens is 385 g/mol. The number of hydrogen-bond donors (Lipinski definition) is 1. The average molecular weight is 401 g/mol. The maximum atomic E-state index is 14.2. The van der Waals surface area contributed by atoms with E-state index >= 15 is 0 Å². The molecule has 0 atom stereocenters. The van der Waals surface area contributed by atoms with Crippen molar-refractivity contribution in [3.8, 4) is 0 Å². The van der Waals surface area contributed by atoms with Gasteiger partial charge in [-0.15, -0.1) is 0 Å². The summed E-state index contributed by atoms with van der Waals surface area (Å²) in [5.74, 6) is -0.968. The lowest BCUT2D eigenvalue weighted by molar-refractivity contribution is 0.196. The van der Waals surface area contributed by atoms with Crippen molar-refractivity contribution >= 4 is 43.2 Å². The molecule has 1 aliphatic rings. The number of anilines is 1. The molecule has 0 bridgehead atoms. The third-order valence-corrected chi connectivity index (χ3v) is 6.83. The van der Waals surface area contributed by atoms with Crippen LogP contribution >= 0.6 is 27.5 Å². The average Bonchev–Trinajstić information content (AvgIpc) is 2.48. The molecular formula is C12H16BrClFN3O2S. The van der Waals surface area contributed by atoms with Gasteiger partial charge in [-0.25, -0.2) is 12.8 Å². The summed E-state index contributed by atoms with van der Waals surface area (Å²) in [6.45, 7) is 4.76. The maximum Gasteiger partial charge on any atom is 0.246 e. The summed E-state index contributed by atoms with van der Waals surface area (Å²) in [7, 11) is -3.94. The van der Waals surface area contributed by atoms with Gasteiger partial charge in [0.05, 0.1) is 15.2 Å². The van der Waals surface area contributed by atoms with Crippen LogP contribution in [0.15, 0.2) is 15.4 Å². The predicted octanol–water partition coefficient (Wildman–Crippen LogP) is 2.15. The molecule has 5 nitrogen and oxygen atoms in total. The van der Waals surface area contributed by atoms with Crippen molar-refractivity contribution in [2.45, 2.75) is 11.8 Å². The van der Waals surface area contributed by atoms with Gasteiger partial charge in [0.25, 0.3) is 0 Å². The predicted molar refractivity (Wildman–Crippen MR) is 84.4 cm³/mol. The lowest BCUT2D eigenvalue weighted by atomic mass is 10.3. The van der Waals surface area contributed by atoms with Crippen molar-refractivity contribution in [2.75, 3.05) is 38.5 Å². The van der Waals surface area contributed by atoms with E-state index in [1.807, 2.05) is 6.92 Å². The fourth-order valence-corrected chi connectivity index (χ4v) is 4.30. The minimum absolute atomic E-state index is 0.0691. The molecule has 2 rings (SSSR count). The number of likely N-dealkylation sites (N-methyl/N-ethyl adjacent to an activating group) is 1. The molecule has 0 aromatic heterocycles. The number of nitrogen functional groups attached to an aromatic ring is 1. The fraction of sp³-hybridized carbons (Fsp3) is 0.500. The molecule has 1 aromatic rings. The number of nitrogens with two attached hydrogens (primary N) is 1. The number of halogens is 3. The molecule has 0 spiro atoms. The van der Waals surface area contributed by atoms with Crippen LogP contribution in [-0.2, 0) is 10.0 Å². The summed E-state index contributed by atoms with van der Waals surface area (Å²) >= 11 is 8.93. The quantitative estimate of drug-likeness (QED) is 0.624. The van der Waals surface area contributed by atoms with Crippen molar-refractivity contribution in [1.29, 1.82) is 0 Å². The molecule has 1 heterocycles. The molecule has 0 unspecified atom stereocenters. The Morgan fingerprint density at radius 1 is 1.38 bits per heavy atom. The Balaban J connectivity index is 2.37. The molecule has 118 valence electrons. The Labute approximate surface area is 137 Å². The van der Waals surface area contributed by atoms with E-state index in [1.54, 1.807) is 0 Å². The van der Waals surface area contributed by atoms with Crippen LogP contribution < -0.4 is 5.73 Å². The SMILES string of the molecule is CCN1CCN(S(=O)(=O)c2cc(Cl)c(Br)c(N)c2F)CC1. The number of rotatable bonds is 3. The van der Waals surface area contributed by atoms with Gasteiger partial charge in [-0.3, -0.25) is 0 Å². The van der Waals surface area contributed by atoms with E-state index in [4.69, 9.17) is 17.3 Å². The van der Waals surface area contributed by atoms with Crippen LogP contribution in [0.3, 0.4) is 0 Å². The first-order valence-electron chi connectivity index (χ1n) is 6.44. The van der Waals surface area contributed by atoms with E-state index in [9.17, 15) is 12.8 Å². The summed E-state index contributed by atoms with van der Waals surface area (Å²) in [5, 5.41) is 0.0691. The molecule has 0 aliphatic carbocycles. The number of hydrogen-bond acceptors (Lipinski definition) is 4. The summed E-state index contributed by atoms with van der Waals surface area (Å²) in [4.78, 5) is 1.66. The van der Waals surface area contributed by atoms with E-state index in [0.29, 0.717) is 26.2 Å². The van der Waals surface area contributed by atoms with Gasteiger partial charge in [-0.05, 0) is 28.5 Å². The van der Waals surface area contributed by atoms with Crippen LogP contribution in [-0.4, -0.2) is 50.3 Å². The highest BCUT2D eigenvalue weighted by Crippen LogP contribution is 2.35. The van der Waals surface area contributed by atoms with Crippen LogP contribution in [0.5, 0.6) is 0 Å². The van der Waals surface area contributed by atoms with Gasteiger partial charge >= 0.3 is 0 Å². The van der Waals surface area contributed by atoms with Crippen LogP contribution in [0.4, 0.5) is 10.1 Å². The van der Waals surface area contributed by atoms with Crippen molar-refractivity contribution in [3.63, 3.8) is 0 Å². The van der Waals surface area contributed by atoms with E-state index in [1.165, 1.54) is 4.31 Å². The van der Waals surface area contributed by atoms with Crippen LogP contribution in [0.25, 0.3) is 0 Å². The Morgan fingerprint density at radius 3 is 2.48 bits per heavy atom. The maximum absolute atomic E-state index is 14.2. The van der Waals surface area contributed by atoms with Gasteiger partial charge < -0.3 is 10.6 Å². The lowest BCUT2D eigenvalue weighted by Crippen LogP contribution is -2.48. The van der Waals surface area contributed by atoms with Crippen LogP contribution in [0.1, 0.15) is 6.92 Å². The van der Waals surface area contributed by atoms with E-state index in [0.717, 1.165) is 12.6 Å². The highest BCUT2D eigenvalue weighted by molar-refractivity contribution is 9.10. The normalized spacial score (nSPS) is 18.1. The Morgan fingerprint density at radius 2 is 1.95 bits per heavy atom. The standard InChI is InChI=1S/C12H16BrClFN3O2S/c1-2-17-3-5-18(6-4-17)21(19,20)9-7-8(14)10(13)12(16)11(9)15/h7H,2-6,16H2,1H3. The van der Waals surface area contributed by atoms with Crippen molar-refractivity contribution in [2.24, 2.45) is 0 Å². The fourth-order valence-electron chi connectivity index (χ4n) is 2.21. The van der Waals surface area contributed by atoms with Gasteiger partial charge in [0, 0.05) is 26.2 Å². The summed E-state index contributed by atoms with van der Waals surface area (Å²) < 4.78 is 40.7. The van der Waals surface area contributed by atoms with Crippen molar-refractivity contribution < 1.29 is 12.8 Å².